The van der Waals surface area contributed by atoms with E-state index < -0.39 is 6.10 Å². The van der Waals surface area contributed by atoms with Gasteiger partial charge in [0.2, 0.25) is 0 Å². The van der Waals surface area contributed by atoms with Gasteiger partial charge in [-0.2, -0.15) is 0 Å². The summed E-state index contributed by atoms with van der Waals surface area (Å²) in [6.45, 7) is 0. The number of pyridine rings is 1. The quantitative estimate of drug-likeness (QED) is 0.876. The van der Waals surface area contributed by atoms with Gasteiger partial charge in [0, 0.05) is 5.69 Å². The number of amides is 1. The fraction of sp³-hybridized carbons (Fsp3) is 0.188. The van der Waals surface area contributed by atoms with Crippen molar-refractivity contribution in [3.63, 3.8) is 0 Å². The van der Waals surface area contributed by atoms with E-state index in [1.54, 1.807) is 12.1 Å². The van der Waals surface area contributed by atoms with Crippen LogP contribution in [0.2, 0.25) is 0 Å². The molecule has 2 aromatic rings. The molecule has 5 nitrogen and oxygen atoms in total. The molecular formula is C16H14N2O3. The van der Waals surface area contributed by atoms with Gasteiger partial charge in [0.15, 0.2) is 12.4 Å². The second-order valence-electron chi connectivity index (χ2n) is 4.83. The Labute approximate surface area is 122 Å². The monoisotopic (exact) mass is 282 g/mol. The lowest BCUT2D eigenvalue weighted by Gasteiger charge is -2.15. The highest BCUT2D eigenvalue weighted by Gasteiger charge is 2.25. The van der Waals surface area contributed by atoms with Crippen LogP contribution in [0, 0.1) is 0 Å². The molecule has 3 rings (SSSR count). The summed E-state index contributed by atoms with van der Waals surface area (Å²) >= 11 is 0. The minimum absolute atomic E-state index is 0.167. The molecule has 1 aliphatic rings. The van der Waals surface area contributed by atoms with Crippen LogP contribution in [-0.4, -0.2) is 23.3 Å². The van der Waals surface area contributed by atoms with Gasteiger partial charge in [-0.15, -0.1) is 0 Å². The van der Waals surface area contributed by atoms with Gasteiger partial charge in [-0.3, -0.25) is 9.59 Å². The smallest absolute Gasteiger partial charge is 0.265 e. The van der Waals surface area contributed by atoms with Gasteiger partial charge in [0.25, 0.3) is 5.91 Å². The Hall–Kier alpha value is -2.69. The highest BCUT2D eigenvalue weighted by molar-refractivity contribution is 5.95. The van der Waals surface area contributed by atoms with Crippen LogP contribution in [0.4, 0.5) is 5.69 Å². The average Bonchev–Trinajstić information content (AvgIpc) is 2.67. The van der Waals surface area contributed by atoms with Crippen molar-refractivity contribution in [2.24, 2.45) is 0 Å². The second kappa shape index (κ2) is 5.75. The van der Waals surface area contributed by atoms with Crippen LogP contribution in [-0.2, 0) is 11.2 Å². The normalized spacial score (nSPS) is 17.3. The summed E-state index contributed by atoms with van der Waals surface area (Å²) in [5.74, 6) is 0.311. The Morgan fingerprint density at radius 1 is 1.24 bits per heavy atom. The van der Waals surface area contributed by atoms with Crippen molar-refractivity contribution in [3.05, 3.63) is 53.9 Å². The predicted octanol–water partition coefficient (Wildman–Crippen LogP) is 2.23. The van der Waals surface area contributed by atoms with Crippen LogP contribution in [0.3, 0.4) is 0 Å². The second-order valence-corrected chi connectivity index (χ2v) is 4.83. The van der Waals surface area contributed by atoms with E-state index in [0.717, 1.165) is 17.7 Å². The van der Waals surface area contributed by atoms with Crippen molar-refractivity contribution in [2.45, 2.75) is 18.9 Å². The summed E-state index contributed by atoms with van der Waals surface area (Å²) in [6, 6.07) is 10.9. The van der Waals surface area contributed by atoms with Crippen LogP contribution in [0.25, 0.3) is 0 Å². The first-order valence-corrected chi connectivity index (χ1v) is 6.73. The number of aromatic nitrogens is 1. The number of benzene rings is 1. The first-order valence-electron chi connectivity index (χ1n) is 6.73. The fourth-order valence-corrected chi connectivity index (χ4v) is 2.30. The van der Waals surface area contributed by atoms with Crippen LogP contribution < -0.4 is 10.1 Å². The number of hydrogen-bond acceptors (Lipinski definition) is 4. The number of anilines is 1. The molecule has 1 aliphatic heterocycles. The molecular weight excluding hydrogens is 268 g/mol. The maximum Gasteiger partial charge on any atom is 0.265 e. The third-order valence-electron chi connectivity index (χ3n) is 3.40. The summed E-state index contributed by atoms with van der Waals surface area (Å²) in [5.41, 5.74) is 2.27. The first kappa shape index (κ1) is 13.3. The number of hydrogen-bond donors (Lipinski definition) is 1. The molecule has 0 fully saturated rings. The first-order chi connectivity index (χ1) is 10.3. The Morgan fingerprint density at radius 2 is 2.10 bits per heavy atom. The highest BCUT2D eigenvalue weighted by atomic mass is 16.5. The van der Waals surface area contributed by atoms with E-state index in [0.29, 0.717) is 24.2 Å². The van der Waals surface area contributed by atoms with E-state index in [1.807, 2.05) is 24.3 Å². The number of aryl methyl sites for hydroxylation is 1. The molecule has 0 saturated heterocycles. The molecule has 1 aromatic heterocycles. The molecule has 21 heavy (non-hydrogen) atoms. The van der Waals surface area contributed by atoms with Crippen molar-refractivity contribution in [3.8, 4) is 5.75 Å². The number of rotatable bonds is 3. The zero-order chi connectivity index (χ0) is 14.7. The van der Waals surface area contributed by atoms with Gasteiger partial charge in [0.1, 0.15) is 11.4 Å². The molecule has 0 aliphatic carbocycles. The van der Waals surface area contributed by atoms with Crippen LogP contribution in [0.1, 0.15) is 22.5 Å². The molecule has 1 amide bonds. The van der Waals surface area contributed by atoms with Crippen molar-refractivity contribution in [1.82, 2.24) is 4.98 Å². The Morgan fingerprint density at radius 3 is 2.86 bits per heavy atom. The Kier molecular flexibility index (Phi) is 3.64. The molecule has 0 bridgehead atoms. The number of para-hydroxylation sites is 1. The molecule has 1 aromatic carbocycles. The lowest BCUT2D eigenvalue weighted by molar-refractivity contribution is -0.122. The topological polar surface area (TPSA) is 68.3 Å². The summed E-state index contributed by atoms with van der Waals surface area (Å²) in [4.78, 5) is 26.7. The number of nitrogens with zero attached hydrogens (tertiary/aromatic N) is 1. The maximum atomic E-state index is 12.2. The number of aldehydes is 1. The van der Waals surface area contributed by atoms with Crippen molar-refractivity contribution in [2.75, 3.05) is 5.32 Å². The number of fused-ring (bicyclic) bond motifs is 1. The number of carbonyl (C=O) groups excluding carboxylic acids is 2. The summed E-state index contributed by atoms with van der Waals surface area (Å²) < 4.78 is 5.69. The lowest BCUT2D eigenvalue weighted by atomic mass is 10.1. The molecule has 1 atom stereocenters. The number of nitrogens with one attached hydrogen (secondary N) is 1. The molecule has 0 saturated carbocycles. The minimum atomic E-state index is -0.568. The molecule has 0 spiro atoms. The predicted molar refractivity (Wildman–Crippen MR) is 77.4 cm³/mol. The largest absolute Gasteiger partial charge is 0.479 e. The van der Waals surface area contributed by atoms with Crippen LogP contribution >= 0.6 is 0 Å². The highest BCUT2D eigenvalue weighted by Crippen LogP contribution is 2.23. The van der Waals surface area contributed by atoms with Crippen molar-refractivity contribution < 1.29 is 14.3 Å². The van der Waals surface area contributed by atoms with E-state index in [2.05, 4.69) is 10.3 Å². The third-order valence-corrected chi connectivity index (χ3v) is 3.40. The molecule has 5 heteroatoms. The zero-order valence-electron chi connectivity index (χ0n) is 11.3. The van der Waals surface area contributed by atoms with Gasteiger partial charge >= 0.3 is 0 Å². The SMILES string of the molecule is O=Cc1ccc(OC2CCc3ccccc3NC2=O)cn1. The van der Waals surface area contributed by atoms with Crippen LogP contribution in [0.15, 0.2) is 42.6 Å². The summed E-state index contributed by atoms with van der Waals surface area (Å²) in [7, 11) is 0. The number of ether oxygens (including phenoxy) is 1. The molecule has 1 unspecified atom stereocenters. The van der Waals surface area contributed by atoms with E-state index in [9.17, 15) is 9.59 Å². The lowest BCUT2D eigenvalue weighted by Crippen LogP contribution is -2.31. The van der Waals surface area contributed by atoms with Gasteiger partial charge in [-0.25, -0.2) is 4.98 Å². The molecule has 106 valence electrons. The Bertz CT molecular complexity index is 667. The third kappa shape index (κ3) is 2.91. The van der Waals surface area contributed by atoms with Gasteiger partial charge in [-0.1, -0.05) is 18.2 Å². The van der Waals surface area contributed by atoms with Gasteiger partial charge < -0.3 is 10.1 Å². The average molecular weight is 282 g/mol. The minimum Gasteiger partial charge on any atom is -0.479 e. The van der Waals surface area contributed by atoms with Crippen molar-refractivity contribution >= 4 is 17.9 Å². The standard InChI is InChI=1S/C16H14N2O3/c19-10-12-6-7-13(9-17-12)21-15-8-5-11-3-1-2-4-14(11)18-16(15)20/h1-4,6-7,9-10,15H,5,8H2,(H,18,20). The van der Waals surface area contributed by atoms with E-state index in [-0.39, 0.29) is 5.91 Å². The summed E-state index contributed by atoms with van der Waals surface area (Å²) in [6.07, 6.45) is 2.91. The van der Waals surface area contributed by atoms with E-state index in [4.69, 9.17) is 4.74 Å². The van der Waals surface area contributed by atoms with Crippen molar-refractivity contribution in [1.29, 1.82) is 0 Å². The molecule has 2 heterocycles. The van der Waals surface area contributed by atoms with Gasteiger partial charge in [0.05, 0.1) is 6.20 Å². The Balaban J connectivity index is 1.74. The zero-order valence-corrected chi connectivity index (χ0v) is 11.3. The van der Waals surface area contributed by atoms with E-state index >= 15 is 0 Å². The molecule has 0 radical (unpaired) electrons. The van der Waals surface area contributed by atoms with E-state index in [1.165, 1.54) is 6.20 Å². The summed E-state index contributed by atoms with van der Waals surface area (Å²) in [5, 5.41) is 2.87. The number of carbonyl (C=O) groups is 2. The fourth-order valence-electron chi connectivity index (χ4n) is 2.30. The maximum absolute atomic E-state index is 12.2. The van der Waals surface area contributed by atoms with Crippen LogP contribution in [0.5, 0.6) is 5.75 Å². The molecule has 1 N–H and O–H groups in total. The van der Waals surface area contributed by atoms with Gasteiger partial charge in [-0.05, 0) is 36.6 Å².